The number of aromatic nitrogens is 1. The van der Waals surface area contributed by atoms with Gasteiger partial charge in [0.05, 0.1) is 17.2 Å². The lowest BCUT2D eigenvalue weighted by Crippen LogP contribution is -2.35. The third kappa shape index (κ3) is 3.78. The third-order valence-electron chi connectivity index (χ3n) is 5.18. The minimum absolute atomic E-state index is 0.119. The maximum atomic E-state index is 9.59. The van der Waals surface area contributed by atoms with E-state index in [1.807, 2.05) is 0 Å². The largest absolute Gasteiger partial charge is 0.391 e. The van der Waals surface area contributed by atoms with Crippen molar-refractivity contribution in [2.45, 2.75) is 77.9 Å². The van der Waals surface area contributed by atoms with E-state index in [0.717, 1.165) is 28.0 Å². The molecule has 1 N–H and O–H groups in total. The topological polar surface area (TPSA) is 36.4 Å². The first-order valence-corrected chi connectivity index (χ1v) is 9.25. The Labute approximate surface area is 133 Å². The first kappa shape index (κ1) is 16.8. The van der Waals surface area contributed by atoms with Crippen LogP contribution in [0, 0.1) is 5.92 Å². The molecule has 0 amide bonds. The van der Waals surface area contributed by atoms with Crippen molar-refractivity contribution in [3.63, 3.8) is 0 Å². The molecule has 0 saturated heterocycles. The first-order chi connectivity index (χ1) is 10.1. The van der Waals surface area contributed by atoms with Crippen LogP contribution in [0.5, 0.6) is 0 Å². The molecule has 21 heavy (non-hydrogen) atoms. The first-order valence-electron chi connectivity index (χ1n) is 8.43. The smallest absolute Gasteiger partial charge is 0.185 e. The maximum Gasteiger partial charge on any atom is 0.185 e. The van der Waals surface area contributed by atoms with E-state index in [9.17, 15) is 5.11 Å². The van der Waals surface area contributed by atoms with Crippen LogP contribution in [0.15, 0.2) is 0 Å². The standard InChI is InChI=1S/C17H30N2OS/c1-5-12(3)16-15(11-20)21-17(18-16)19(4)14-9-7-13(6-2)8-10-14/h12-14,20H,5-11H2,1-4H3. The van der Waals surface area contributed by atoms with E-state index < -0.39 is 0 Å². The Kier molecular flexibility index (Phi) is 6.06. The summed E-state index contributed by atoms with van der Waals surface area (Å²) in [7, 11) is 2.18. The Bertz CT molecular complexity index is 438. The molecule has 1 unspecified atom stereocenters. The molecule has 1 fully saturated rings. The average Bonchev–Trinajstić information content (AvgIpc) is 2.97. The van der Waals surface area contributed by atoms with Crippen LogP contribution in [0.4, 0.5) is 5.13 Å². The molecule has 1 aliphatic rings. The van der Waals surface area contributed by atoms with Crippen LogP contribution in [0.2, 0.25) is 0 Å². The highest BCUT2D eigenvalue weighted by Crippen LogP contribution is 2.36. The van der Waals surface area contributed by atoms with E-state index in [1.165, 1.54) is 32.1 Å². The summed E-state index contributed by atoms with van der Waals surface area (Å²) in [5, 5.41) is 10.7. The summed E-state index contributed by atoms with van der Waals surface area (Å²) < 4.78 is 0. The molecule has 0 radical (unpaired) electrons. The lowest BCUT2D eigenvalue weighted by Gasteiger charge is -2.34. The van der Waals surface area contributed by atoms with Crippen molar-refractivity contribution in [2.24, 2.45) is 5.92 Å². The molecule has 0 bridgehead atoms. The SMILES string of the molecule is CCC1CCC(N(C)c2nc(C(C)CC)c(CO)s2)CC1. The predicted molar refractivity (Wildman–Crippen MR) is 91.2 cm³/mol. The molecule has 1 atom stereocenters. The van der Waals surface area contributed by atoms with Gasteiger partial charge in [0.25, 0.3) is 0 Å². The van der Waals surface area contributed by atoms with Gasteiger partial charge in [-0.15, -0.1) is 0 Å². The number of rotatable bonds is 6. The normalized spacial score (nSPS) is 24.0. The summed E-state index contributed by atoms with van der Waals surface area (Å²) in [5.41, 5.74) is 1.11. The van der Waals surface area contributed by atoms with Crippen molar-refractivity contribution in [3.8, 4) is 0 Å². The molecule has 4 heteroatoms. The second kappa shape index (κ2) is 7.59. The van der Waals surface area contributed by atoms with Crippen LogP contribution in [0.3, 0.4) is 0 Å². The van der Waals surface area contributed by atoms with Crippen molar-refractivity contribution < 1.29 is 5.11 Å². The molecular weight excluding hydrogens is 280 g/mol. The van der Waals surface area contributed by atoms with Gasteiger partial charge in [-0.1, -0.05) is 38.5 Å². The zero-order valence-electron chi connectivity index (χ0n) is 13.9. The molecular formula is C17H30N2OS. The van der Waals surface area contributed by atoms with Gasteiger partial charge in [-0.3, -0.25) is 0 Å². The maximum absolute atomic E-state index is 9.59. The Morgan fingerprint density at radius 3 is 2.48 bits per heavy atom. The van der Waals surface area contributed by atoms with Crippen molar-refractivity contribution in [1.82, 2.24) is 4.98 Å². The van der Waals surface area contributed by atoms with E-state index in [-0.39, 0.29) is 6.61 Å². The zero-order chi connectivity index (χ0) is 15.4. The summed E-state index contributed by atoms with van der Waals surface area (Å²) in [6, 6.07) is 0.621. The molecule has 1 heterocycles. The molecule has 2 rings (SSSR count). The van der Waals surface area contributed by atoms with Gasteiger partial charge >= 0.3 is 0 Å². The predicted octanol–water partition coefficient (Wildman–Crippen LogP) is 4.55. The minimum atomic E-state index is 0.119. The fourth-order valence-corrected chi connectivity index (χ4v) is 4.36. The van der Waals surface area contributed by atoms with Crippen molar-refractivity contribution >= 4 is 16.5 Å². The van der Waals surface area contributed by atoms with E-state index >= 15 is 0 Å². The number of anilines is 1. The lowest BCUT2D eigenvalue weighted by molar-refractivity contribution is 0.283. The molecule has 3 nitrogen and oxygen atoms in total. The van der Waals surface area contributed by atoms with Gasteiger partial charge in [-0.25, -0.2) is 4.98 Å². The highest BCUT2D eigenvalue weighted by molar-refractivity contribution is 7.15. The van der Waals surface area contributed by atoms with Crippen molar-refractivity contribution in [2.75, 3.05) is 11.9 Å². The Morgan fingerprint density at radius 2 is 1.95 bits per heavy atom. The van der Waals surface area contributed by atoms with Crippen LogP contribution in [0.1, 0.15) is 75.8 Å². The van der Waals surface area contributed by atoms with Gasteiger partial charge in [-0.05, 0) is 43.9 Å². The number of nitrogens with zero attached hydrogens (tertiary/aromatic N) is 2. The van der Waals surface area contributed by atoms with E-state index in [0.29, 0.717) is 12.0 Å². The highest BCUT2D eigenvalue weighted by atomic mass is 32.1. The zero-order valence-corrected chi connectivity index (χ0v) is 14.7. The van der Waals surface area contributed by atoms with Crippen LogP contribution >= 0.6 is 11.3 Å². The van der Waals surface area contributed by atoms with Crippen LogP contribution in [-0.2, 0) is 6.61 Å². The van der Waals surface area contributed by atoms with E-state index in [1.54, 1.807) is 11.3 Å². The minimum Gasteiger partial charge on any atom is -0.391 e. The number of aliphatic hydroxyl groups is 1. The molecule has 1 aliphatic carbocycles. The Hall–Kier alpha value is -0.610. The number of aliphatic hydroxyl groups excluding tert-OH is 1. The van der Waals surface area contributed by atoms with Gasteiger partial charge in [0.15, 0.2) is 5.13 Å². The van der Waals surface area contributed by atoms with Gasteiger partial charge < -0.3 is 10.0 Å². The van der Waals surface area contributed by atoms with Gasteiger partial charge in [0.1, 0.15) is 0 Å². The Balaban J connectivity index is 2.09. The molecule has 0 aliphatic heterocycles. The number of thiazole rings is 1. The molecule has 120 valence electrons. The van der Waals surface area contributed by atoms with Crippen molar-refractivity contribution in [3.05, 3.63) is 10.6 Å². The van der Waals surface area contributed by atoms with Gasteiger partial charge in [-0.2, -0.15) is 0 Å². The molecule has 0 aromatic carbocycles. The number of hydrogen-bond donors (Lipinski definition) is 1. The molecule has 1 aromatic heterocycles. The molecule has 1 aromatic rings. The quantitative estimate of drug-likeness (QED) is 0.837. The summed E-state index contributed by atoms with van der Waals surface area (Å²) in [5.74, 6) is 1.36. The fourth-order valence-electron chi connectivity index (χ4n) is 3.29. The highest BCUT2D eigenvalue weighted by Gasteiger charge is 2.26. The van der Waals surface area contributed by atoms with Crippen LogP contribution in [0.25, 0.3) is 0 Å². The second-order valence-electron chi connectivity index (χ2n) is 6.47. The second-order valence-corrected chi connectivity index (χ2v) is 7.53. The van der Waals surface area contributed by atoms with E-state index in [4.69, 9.17) is 4.98 Å². The average molecular weight is 311 g/mol. The van der Waals surface area contributed by atoms with Crippen molar-refractivity contribution in [1.29, 1.82) is 0 Å². The summed E-state index contributed by atoms with van der Waals surface area (Å²) >= 11 is 1.68. The monoisotopic (exact) mass is 310 g/mol. The van der Waals surface area contributed by atoms with Crippen LogP contribution in [-0.4, -0.2) is 23.2 Å². The molecule has 1 saturated carbocycles. The van der Waals surface area contributed by atoms with Gasteiger partial charge in [0.2, 0.25) is 0 Å². The van der Waals surface area contributed by atoms with Crippen LogP contribution < -0.4 is 4.90 Å². The fraction of sp³-hybridized carbons (Fsp3) is 0.824. The van der Waals surface area contributed by atoms with Gasteiger partial charge in [0, 0.05) is 13.1 Å². The summed E-state index contributed by atoms with van der Waals surface area (Å²) in [6.45, 7) is 6.81. The lowest BCUT2D eigenvalue weighted by atomic mass is 9.84. The Morgan fingerprint density at radius 1 is 1.29 bits per heavy atom. The molecule has 0 spiro atoms. The number of hydrogen-bond acceptors (Lipinski definition) is 4. The summed E-state index contributed by atoms with van der Waals surface area (Å²) in [6.07, 6.45) is 7.65. The third-order valence-corrected chi connectivity index (χ3v) is 6.33. The summed E-state index contributed by atoms with van der Waals surface area (Å²) in [4.78, 5) is 8.26. The van der Waals surface area contributed by atoms with E-state index in [2.05, 4.69) is 32.7 Å².